The number of H-pyrrole nitrogens is 2. The summed E-state index contributed by atoms with van der Waals surface area (Å²) in [4.78, 5) is 50.3. The fraction of sp³-hybridized carbons (Fsp3) is 0.136. The highest BCUT2D eigenvalue weighted by molar-refractivity contribution is 5.99. The average Bonchev–Trinajstić information content (AvgIpc) is 3.21. The van der Waals surface area contributed by atoms with Crippen LogP contribution in [0.25, 0.3) is 11.0 Å². The van der Waals surface area contributed by atoms with E-state index in [1.165, 1.54) is 0 Å². The van der Waals surface area contributed by atoms with Gasteiger partial charge in [-0.15, -0.1) is 0 Å². The number of nitrogens with two attached hydrogens (primary N) is 1. The highest BCUT2D eigenvalue weighted by atomic mass is 16.2. The fourth-order valence-corrected chi connectivity index (χ4v) is 3.23. The zero-order valence-electron chi connectivity index (χ0n) is 17.0. The molecule has 0 saturated carbocycles. The second kappa shape index (κ2) is 9.13. The molecule has 0 aliphatic rings. The molecule has 10 heteroatoms. The van der Waals surface area contributed by atoms with Gasteiger partial charge in [-0.2, -0.15) is 4.98 Å². The highest BCUT2D eigenvalue weighted by Gasteiger charge is 2.11. The van der Waals surface area contributed by atoms with Crippen molar-refractivity contribution in [3.8, 4) is 0 Å². The van der Waals surface area contributed by atoms with Gasteiger partial charge in [-0.25, -0.2) is 0 Å². The molecule has 0 atom stereocenters. The van der Waals surface area contributed by atoms with Crippen molar-refractivity contribution in [1.29, 1.82) is 0 Å². The molecule has 3 heterocycles. The first-order valence-electron chi connectivity index (χ1n) is 9.92. The lowest BCUT2D eigenvalue weighted by molar-refractivity contribution is 0.0950. The SMILES string of the molecule is Nc1nc2[nH]c(CCNC(=O)c3cccc(C(=O)NCc4cccnc4)c3)cc2c(=O)[nH]1. The molecule has 32 heavy (non-hydrogen) atoms. The van der Waals surface area contributed by atoms with Gasteiger partial charge in [0.2, 0.25) is 5.95 Å². The second-order valence-electron chi connectivity index (χ2n) is 7.14. The number of nitrogens with zero attached hydrogens (tertiary/aromatic N) is 2. The molecule has 0 spiro atoms. The van der Waals surface area contributed by atoms with Gasteiger partial charge >= 0.3 is 0 Å². The summed E-state index contributed by atoms with van der Waals surface area (Å²) in [5.41, 5.74) is 8.01. The fourth-order valence-electron chi connectivity index (χ4n) is 3.23. The van der Waals surface area contributed by atoms with Gasteiger partial charge < -0.3 is 21.4 Å². The maximum Gasteiger partial charge on any atom is 0.261 e. The molecule has 4 rings (SSSR count). The summed E-state index contributed by atoms with van der Waals surface area (Å²) in [7, 11) is 0. The Balaban J connectivity index is 1.34. The summed E-state index contributed by atoms with van der Waals surface area (Å²) < 4.78 is 0. The van der Waals surface area contributed by atoms with E-state index < -0.39 is 0 Å². The van der Waals surface area contributed by atoms with Gasteiger partial charge in [0, 0.05) is 48.7 Å². The largest absolute Gasteiger partial charge is 0.369 e. The van der Waals surface area contributed by atoms with E-state index in [0.29, 0.717) is 41.7 Å². The van der Waals surface area contributed by atoms with E-state index in [-0.39, 0.29) is 23.3 Å². The van der Waals surface area contributed by atoms with Crippen LogP contribution in [-0.4, -0.2) is 38.3 Å². The van der Waals surface area contributed by atoms with Gasteiger partial charge in [-0.05, 0) is 35.9 Å². The first kappa shape index (κ1) is 20.8. The number of benzene rings is 1. The molecular weight excluding hydrogens is 410 g/mol. The van der Waals surface area contributed by atoms with Crippen molar-refractivity contribution in [3.05, 3.63) is 87.6 Å². The molecule has 4 aromatic rings. The van der Waals surface area contributed by atoms with E-state index in [9.17, 15) is 14.4 Å². The second-order valence-corrected chi connectivity index (χ2v) is 7.14. The van der Waals surface area contributed by atoms with Gasteiger partial charge in [-0.3, -0.25) is 24.4 Å². The Morgan fingerprint density at radius 1 is 1.00 bits per heavy atom. The molecule has 0 aliphatic heterocycles. The average molecular weight is 431 g/mol. The summed E-state index contributed by atoms with van der Waals surface area (Å²) >= 11 is 0. The Labute approximate surface area is 182 Å². The first-order valence-corrected chi connectivity index (χ1v) is 9.92. The molecule has 10 nitrogen and oxygen atoms in total. The maximum absolute atomic E-state index is 12.5. The number of aromatic nitrogens is 4. The number of rotatable bonds is 7. The van der Waals surface area contributed by atoms with Gasteiger partial charge in [0.05, 0.1) is 5.39 Å². The summed E-state index contributed by atoms with van der Waals surface area (Å²) in [6, 6.07) is 11.8. The third-order valence-corrected chi connectivity index (χ3v) is 4.81. The molecule has 2 amide bonds. The lowest BCUT2D eigenvalue weighted by atomic mass is 10.1. The zero-order valence-corrected chi connectivity index (χ0v) is 17.0. The number of fused-ring (bicyclic) bond motifs is 1. The summed E-state index contributed by atoms with van der Waals surface area (Å²) in [5, 5.41) is 6.03. The molecule has 0 aliphatic carbocycles. The predicted molar refractivity (Wildman–Crippen MR) is 119 cm³/mol. The van der Waals surface area contributed by atoms with Crippen molar-refractivity contribution in [2.45, 2.75) is 13.0 Å². The monoisotopic (exact) mass is 431 g/mol. The molecule has 6 N–H and O–H groups in total. The Morgan fingerprint density at radius 2 is 1.78 bits per heavy atom. The number of carbonyl (C=O) groups is 2. The number of hydrogen-bond acceptors (Lipinski definition) is 6. The normalized spacial score (nSPS) is 10.8. The Hall–Kier alpha value is -4.47. The molecule has 1 aromatic carbocycles. The van der Waals surface area contributed by atoms with Crippen LogP contribution < -0.4 is 21.9 Å². The number of pyridine rings is 1. The summed E-state index contributed by atoms with van der Waals surface area (Å²) in [6.07, 6.45) is 3.81. The predicted octanol–water partition coefficient (Wildman–Crippen LogP) is 1.13. The summed E-state index contributed by atoms with van der Waals surface area (Å²) in [5.74, 6) is -0.546. The topological polar surface area (TPSA) is 159 Å². The third kappa shape index (κ3) is 4.81. The van der Waals surface area contributed by atoms with E-state index in [1.807, 2.05) is 6.07 Å². The van der Waals surface area contributed by atoms with E-state index >= 15 is 0 Å². The minimum Gasteiger partial charge on any atom is -0.369 e. The lowest BCUT2D eigenvalue weighted by Crippen LogP contribution is -2.27. The number of aromatic amines is 2. The number of nitrogen functional groups attached to an aromatic ring is 1. The standard InChI is InChI=1S/C22H21N7O3/c23-22-28-18-17(21(32)29-22)10-16(27-18)6-8-25-19(30)14-4-1-5-15(9-14)20(31)26-12-13-3-2-7-24-11-13/h1-5,7,9-11H,6,8,12H2,(H,25,30)(H,26,31)(H4,23,27,28,29,32). The molecule has 0 saturated heterocycles. The van der Waals surface area contributed by atoms with Gasteiger partial charge in [-0.1, -0.05) is 12.1 Å². The number of nitrogens with one attached hydrogen (secondary N) is 4. The van der Waals surface area contributed by atoms with Crippen molar-refractivity contribution < 1.29 is 9.59 Å². The van der Waals surface area contributed by atoms with Crippen LogP contribution in [0.4, 0.5) is 5.95 Å². The van der Waals surface area contributed by atoms with Gasteiger partial charge in [0.15, 0.2) is 0 Å². The quantitative estimate of drug-likeness (QED) is 0.295. The van der Waals surface area contributed by atoms with Crippen molar-refractivity contribution in [3.63, 3.8) is 0 Å². The lowest BCUT2D eigenvalue weighted by Gasteiger charge is -2.08. The zero-order chi connectivity index (χ0) is 22.5. The molecule has 162 valence electrons. The van der Waals surface area contributed by atoms with E-state index in [4.69, 9.17) is 5.73 Å². The van der Waals surface area contributed by atoms with Crippen molar-refractivity contribution >= 4 is 28.8 Å². The van der Waals surface area contributed by atoms with Crippen LogP contribution in [0, 0.1) is 0 Å². The van der Waals surface area contributed by atoms with Crippen LogP contribution in [0.5, 0.6) is 0 Å². The van der Waals surface area contributed by atoms with E-state index in [0.717, 1.165) is 11.3 Å². The number of amides is 2. The van der Waals surface area contributed by atoms with Crippen LogP contribution in [0.15, 0.2) is 59.7 Å². The van der Waals surface area contributed by atoms with E-state index in [1.54, 1.807) is 48.8 Å². The van der Waals surface area contributed by atoms with E-state index in [2.05, 4.69) is 30.6 Å². The molecule has 0 unspecified atom stereocenters. The van der Waals surface area contributed by atoms with Gasteiger partial charge in [0.1, 0.15) is 5.65 Å². The molecule has 3 aromatic heterocycles. The number of anilines is 1. The molecular formula is C22H21N7O3. The molecule has 0 fully saturated rings. The van der Waals surface area contributed by atoms with Crippen LogP contribution in [0.3, 0.4) is 0 Å². The summed E-state index contributed by atoms with van der Waals surface area (Å²) in [6.45, 7) is 0.674. The Bertz CT molecular complexity index is 1330. The Kier molecular flexibility index (Phi) is 5.93. The highest BCUT2D eigenvalue weighted by Crippen LogP contribution is 2.10. The minimum atomic E-state index is -0.322. The van der Waals surface area contributed by atoms with Crippen LogP contribution >= 0.6 is 0 Å². The minimum absolute atomic E-state index is 0.0357. The van der Waals surface area contributed by atoms with Crippen molar-refractivity contribution in [2.75, 3.05) is 12.3 Å². The van der Waals surface area contributed by atoms with Crippen LogP contribution in [0.1, 0.15) is 32.0 Å². The van der Waals surface area contributed by atoms with Crippen LogP contribution in [0.2, 0.25) is 0 Å². The smallest absolute Gasteiger partial charge is 0.261 e. The number of hydrogen-bond donors (Lipinski definition) is 5. The third-order valence-electron chi connectivity index (χ3n) is 4.81. The first-order chi connectivity index (χ1) is 15.5. The molecule has 0 bridgehead atoms. The van der Waals surface area contributed by atoms with Gasteiger partial charge in [0.25, 0.3) is 17.4 Å². The molecule has 0 radical (unpaired) electrons. The Morgan fingerprint density at radius 3 is 2.53 bits per heavy atom. The van der Waals surface area contributed by atoms with Crippen molar-refractivity contribution in [2.24, 2.45) is 0 Å². The number of carbonyl (C=O) groups excluding carboxylic acids is 2. The van der Waals surface area contributed by atoms with Crippen LogP contribution in [-0.2, 0) is 13.0 Å². The van der Waals surface area contributed by atoms with Crippen molar-refractivity contribution in [1.82, 2.24) is 30.6 Å². The maximum atomic E-state index is 12.5.